The molecule has 0 fully saturated rings. The average Bonchev–Trinajstić information content (AvgIpc) is 2.42. The molecule has 0 aliphatic rings. The SMILES string of the molecule is CN(CCc1ccccn1)Cc1cc(N)ccc1O. The predicted octanol–water partition coefficient (Wildman–Crippen LogP) is 2.04. The number of anilines is 1. The van der Waals surface area contributed by atoms with Crippen LogP contribution in [0.25, 0.3) is 0 Å². The monoisotopic (exact) mass is 257 g/mol. The van der Waals surface area contributed by atoms with Crippen LogP contribution in [0.15, 0.2) is 42.6 Å². The van der Waals surface area contributed by atoms with E-state index < -0.39 is 0 Å². The molecule has 0 unspecified atom stereocenters. The molecular weight excluding hydrogens is 238 g/mol. The van der Waals surface area contributed by atoms with Gasteiger partial charge >= 0.3 is 0 Å². The van der Waals surface area contributed by atoms with Crippen molar-refractivity contribution >= 4 is 5.69 Å². The lowest BCUT2D eigenvalue weighted by Crippen LogP contribution is -2.21. The van der Waals surface area contributed by atoms with E-state index in [1.54, 1.807) is 18.3 Å². The Balaban J connectivity index is 1.90. The Morgan fingerprint density at radius 2 is 2.11 bits per heavy atom. The van der Waals surface area contributed by atoms with E-state index in [1.807, 2.05) is 31.3 Å². The molecule has 2 rings (SSSR count). The fourth-order valence-electron chi connectivity index (χ4n) is 1.95. The van der Waals surface area contributed by atoms with E-state index in [9.17, 15) is 5.11 Å². The largest absolute Gasteiger partial charge is 0.508 e. The zero-order chi connectivity index (χ0) is 13.7. The Bertz CT molecular complexity index is 528. The Hall–Kier alpha value is -2.07. The number of aromatic nitrogens is 1. The summed E-state index contributed by atoms with van der Waals surface area (Å²) >= 11 is 0. The number of hydrogen-bond donors (Lipinski definition) is 2. The number of pyridine rings is 1. The fraction of sp³-hybridized carbons (Fsp3) is 0.267. The second kappa shape index (κ2) is 6.20. The van der Waals surface area contributed by atoms with Gasteiger partial charge in [-0.05, 0) is 37.4 Å². The number of aromatic hydroxyl groups is 1. The van der Waals surface area contributed by atoms with Gasteiger partial charge in [0.15, 0.2) is 0 Å². The summed E-state index contributed by atoms with van der Waals surface area (Å²) in [5, 5.41) is 9.77. The van der Waals surface area contributed by atoms with Crippen LogP contribution in [0.3, 0.4) is 0 Å². The molecule has 0 atom stereocenters. The Labute approximate surface area is 113 Å². The topological polar surface area (TPSA) is 62.4 Å². The lowest BCUT2D eigenvalue weighted by molar-refractivity contribution is 0.323. The highest BCUT2D eigenvalue weighted by atomic mass is 16.3. The van der Waals surface area contributed by atoms with Gasteiger partial charge in [0.05, 0.1) is 0 Å². The second-order valence-electron chi connectivity index (χ2n) is 4.70. The smallest absolute Gasteiger partial charge is 0.120 e. The van der Waals surface area contributed by atoms with Crippen molar-refractivity contribution in [2.45, 2.75) is 13.0 Å². The molecule has 2 aromatic rings. The van der Waals surface area contributed by atoms with E-state index >= 15 is 0 Å². The third-order valence-corrected chi connectivity index (χ3v) is 3.02. The van der Waals surface area contributed by atoms with Crippen LogP contribution in [0.1, 0.15) is 11.3 Å². The highest BCUT2D eigenvalue weighted by Crippen LogP contribution is 2.20. The summed E-state index contributed by atoms with van der Waals surface area (Å²) in [5.41, 5.74) is 8.33. The molecule has 0 saturated heterocycles. The minimum atomic E-state index is 0.291. The first-order chi connectivity index (χ1) is 9.15. The molecule has 1 heterocycles. The third kappa shape index (κ3) is 3.96. The van der Waals surface area contributed by atoms with Gasteiger partial charge in [-0.15, -0.1) is 0 Å². The van der Waals surface area contributed by atoms with Gasteiger partial charge in [0.2, 0.25) is 0 Å². The molecule has 3 N–H and O–H groups in total. The van der Waals surface area contributed by atoms with Gasteiger partial charge in [-0.2, -0.15) is 0 Å². The maximum atomic E-state index is 9.77. The van der Waals surface area contributed by atoms with Crippen molar-refractivity contribution in [2.24, 2.45) is 0 Å². The number of rotatable bonds is 5. The number of nitrogens with zero attached hydrogens (tertiary/aromatic N) is 2. The van der Waals surface area contributed by atoms with Crippen LogP contribution >= 0.6 is 0 Å². The quantitative estimate of drug-likeness (QED) is 0.635. The van der Waals surface area contributed by atoms with Crippen molar-refractivity contribution in [1.82, 2.24) is 9.88 Å². The number of likely N-dealkylation sites (N-methyl/N-ethyl adjacent to an activating group) is 1. The number of hydrogen-bond acceptors (Lipinski definition) is 4. The van der Waals surface area contributed by atoms with Crippen molar-refractivity contribution in [2.75, 3.05) is 19.3 Å². The van der Waals surface area contributed by atoms with Crippen molar-refractivity contribution in [3.63, 3.8) is 0 Å². The molecule has 4 heteroatoms. The van der Waals surface area contributed by atoms with Crippen LogP contribution in [0.4, 0.5) is 5.69 Å². The van der Waals surface area contributed by atoms with Crippen LogP contribution in [0, 0.1) is 0 Å². The summed E-state index contributed by atoms with van der Waals surface area (Å²) in [5.74, 6) is 0.291. The second-order valence-corrected chi connectivity index (χ2v) is 4.70. The van der Waals surface area contributed by atoms with Crippen LogP contribution < -0.4 is 5.73 Å². The summed E-state index contributed by atoms with van der Waals surface area (Å²) in [7, 11) is 2.02. The van der Waals surface area contributed by atoms with Crippen molar-refractivity contribution in [1.29, 1.82) is 0 Å². The molecule has 0 spiro atoms. The first-order valence-electron chi connectivity index (χ1n) is 6.31. The minimum Gasteiger partial charge on any atom is -0.508 e. The number of phenols is 1. The highest BCUT2D eigenvalue weighted by Gasteiger charge is 2.06. The molecule has 100 valence electrons. The van der Waals surface area contributed by atoms with Gasteiger partial charge in [0.25, 0.3) is 0 Å². The molecule has 0 bridgehead atoms. The maximum absolute atomic E-state index is 9.77. The highest BCUT2D eigenvalue weighted by molar-refractivity contribution is 5.47. The van der Waals surface area contributed by atoms with Crippen LogP contribution in [-0.4, -0.2) is 28.6 Å². The predicted molar refractivity (Wildman–Crippen MR) is 76.8 cm³/mol. The molecule has 19 heavy (non-hydrogen) atoms. The number of nitrogens with two attached hydrogens (primary N) is 1. The summed E-state index contributed by atoms with van der Waals surface area (Å²) < 4.78 is 0. The summed E-state index contributed by atoms with van der Waals surface area (Å²) in [6, 6.07) is 11.1. The molecule has 1 aromatic carbocycles. The van der Waals surface area contributed by atoms with E-state index in [2.05, 4.69) is 9.88 Å². The molecule has 0 saturated carbocycles. The molecule has 0 aliphatic heterocycles. The van der Waals surface area contributed by atoms with Crippen molar-refractivity contribution in [3.8, 4) is 5.75 Å². The molecule has 0 aliphatic carbocycles. The van der Waals surface area contributed by atoms with Crippen LogP contribution in [-0.2, 0) is 13.0 Å². The lowest BCUT2D eigenvalue weighted by atomic mass is 10.1. The van der Waals surface area contributed by atoms with Gasteiger partial charge in [0, 0.05) is 42.7 Å². The van der Waals surface area contributed by atoms with E-state index in [1.165, 1.54) is 0 Å². The third-order valence-electron chi connectivity index (χ3n) is 3.02. The zero-order valence-corrected chi connectivity index (χ0v) is 11.1. The minimum absolute atomic E-state index is 0.291. The van der Waals surface area contributed by atoms with Gasteiger partial charge in [-0.1, -0.05) is 6.07 Å². The van der Waals surface area contributed by atoms with E-state index in [0.29, 0.717) is 18.0 Å². The number of phenolic OH excluding ortho intramolecular Hbond substituents is 1. The average molecular weight is 257 g/mol. The molecule has 1 aromatic heterocycles. The van der Waals surface area contributed by atoms with Gasteiger partial charge < -0.3 is 15.7 Å². The van der Waals surface area contributed by atoms with Crippen molar-refractivity contribution < 1.29 is 5.11 Å². The summed E-state index contributed by atoms with van der Waals surface area (Å²) in [6.45, 7) is 1.55. The van der Waals surface area contributed by atoms with E-state index in [-0.39, 0.29) is 0 Å². The Morgan fingerprint density at radius 1 is 1.26 bits per heavy atom. The Kier molecular flexibility index (Phi) is 4.36. The summed E-state index contributed by atoms with van der Waals surface area (Å²) in [4.78, 5) is 6.44. The lowest BCUT2D eigenvalue weighted by Gasteiger charge is -2.17. The first kappa shape index (κ1) is 13.4. The molecule has 4 nitrogen and oxygen atoms in total. The fourth-order valence-corrected chi connectivity index (χ4v) is 1.95. The number of benzene rings is 1. The maximum Gasteiger partial charge on any atom is 0.120 e. The van der Waals surface area contributed by atoms with E-state index in [0.717, 1.165) is 24.2 Å². The van der Waals surface area contributed by atoms with Crippen LogP contribution in [0.2, 0.25) is 0 Å². The Morgan fingerprint density at radius 3 is 2.84 bits per heavy atom. The van der Waals surface area contributed by atoms with Crippen LogP contribution in [0.5, 0.6) is 5.75 Å². The summed E-state index contributed by atoms with van der Waals surface area (Å²) in [6.07, 6.45) is 2.69. The standard InChI is InChI=1S/C15H19N3O/c1-18(9-7-14-4-2-3-8-17-14)11-12-10-13(16)5-6-15(12)19/h2-6,8,10,19H,7,9,11,16H2,1H3. The van der Waals surface area contributed by atoms with Gasteiger partial charge in [-0.25, -0.2) is 0 Å². The van der Waals surface area contributed by atoms with Crippen molar-refractivity contribution in [3.05, 3.63) is 53.9 Å². The molecule has 0 radical (unpaired) electrons. The number of nitrogen functional groups attached to an aromatic ring is 1. The first-order valence-corrected chi connectivity index (χ1v) is 6.31. The van der Waals surface area contributed by atoms with Gasteiger partial charge in [-0.3, -0.25) is 4.98 Å². The molecular formula is C15H19N3O. The van der Waals surface area contributed by atoms with E-state index in [4.69, 9.17) is 5.73 Å². The molecule has 0 amide bonds. The van der Waals surface area contributed by atoms with Gasteiger partial charge in [0.1, 0.15) is 5.75 Å². The normalized spacial score (nSPS) is 10.8. The zero-order valence-electron chi connectivity index (χ0n) is 11.1.